The summed E-state index contributed by atoms with van der Waals surface area (Å²) in [5, 5.41) is 13.5. The summed E-state index contributed by atoms with van der Waals surface area (Å²) in [5.74, 6) is 0.881. The molecule has 3 heterocycles. The molecular formula is C25H27N5O3. The Hall–Kier alpha value is -3.73. The number of fused-ring (bicyclic) bond motifs is 1. The largest absolute Gasteiger partial charge is 0.497 e. The van der Waals surface area contributed by atoms with Crippen LogP contribution in [0, 0.1) is 31.1 Å². The topological polar surface area (TPSA) is 101 Å². The zero-order valence-corrected chi connectivity index (χ0v) is 19.2. The monoisotopic (exact) mass is 445 g/mol. The predicted molar refractivity (Wildman–Crippen MR) is 122 cm³/mol. The Morgan fingerprint density at radius 2 is 1.88 bits per heavy atom. The summed E-state index contributed by atoms with van der Waals surface area (Å²) in [6.07, 6.45) is 3.80. The van der Waals surface area contributed by atoms with Crippen molar-refractivity contribution in [2.45, 2.75) is 39.5 Å². The zero-order valence-electron chi connectivity index (χ0n) is 19.2. The van der Waals surface area contributed by atoms with Crippen LogP contribution in [0.15, 0.2) is 30.5 Å². The molecule has 1 aromatic carbocycles. The minimum atomic E-state index is -0.0623. The first-order valence-corrected chi connectivity index (χ1v) is 11.1. The molecule has 4 rings (SSSR count). The molecule has 2 aromatic heterocycles. The maximum Gasteiger partial charge on any atom is 0.222 e. The molecule has 0 aliphatic carbocycles. The highest BCUT2D eigenvalue weighted by atomic mass is 16.5. The number of methoxy groups -OCH3 is 1. The van der Waals surface area contributed by atoms with Crippen molar-refractivity contribution < 1.29 is 14.3 Å². The molecule has 0 N–H and O–H groups in total. The molecule has 0 spiro atoms. The van der Waals surface area contributed by atoms with Gasteiger partial charge in [-0.3, -0.25) is 9.59 Å². The Balaban J connectivity index is 1.35. The van der Waals surface area contributed by atoms with E-state index in [1.54, 1.807) is 35.9 Å². The number of benzene rings is 1. The molecule has 0 atom stereocenters. The van der Waals surface area contributed by atoms with Crippen LogP contribution in [0.5, 0.6) is 5.75 Å². The third-order valence-electron chi connectivity index (χ3n) is 6.51. The minimum Gasteiger partial charge on any atom is -0.497 e. The van der Waals surface area contributed by atoms with Crippen molar-refractivity contribution in [3.8, 4) is 11.8 Å². The number of aromatic nitrogens is 3. The fourth-order valence-corrected chi connectivity index (χ4v) is 4.52. The summed E-state index contributed by atoms with van der Waals surface area (Å²) in [6.45, 7) is 5.01. The van der Waals surface area contributed by atoms with Crippen LogP contribution >= 0.6 is 0 Å². The number of hydrogen-bond donors (Lipinski definition) is 0. The van der Waals surface area contributed by atoms with E-state index in [1.165, 1.54) is 6.20 Å². The van der Waals surface area contributed by atoms with Gasteiger partial charge in [-0.1, -0.05) is 0 Å². The van der Waals surface area contributed by atoms with Gasteiger partial charge in [0, 0.05) is 42.4 Å². The Labute approximate surface area is 192 Å². The van der Waals surface area contributed by atoms with Crippen LogP contribution in [0.1, 0.15) is 52.1 Å². The van der Waals surface area contributed by atoms with E-state index in [0.29, 0.717) is 55.5 Å². The van der Waals surface area contributed by atoms with Gasteiger partial charge in [-0.25, -0.2) is 9.50 Å². The molecule has 8 nitrogen and oxygen atoms in total. The highest BCUT2D eigenvalue weighted by Crippen LogP contribution is 2.24. The van der Waals surface area contributed by atoms with Crippen LogP contribution in [0.2, 0.25) is 0 Å². The number of ketones is 1. The number of piperidine rings is 1. The van der Waals surface area contributed by atoms with E-state index in [4.69, 9.17) is 4.74 Å². The number of amides is 1. The van der Waals surface area contributed by atoms with Gasteiger partial charge in [-0.05, 0) is 62.9 Å². The van der Waals surface area contributed by atoms with Gasteiger partial charge < -0.3 is 9.64 Å². The van der Waals surface area contributed by atoms with Crippen molar-refractivity contribution in [3.05, 3.63) is 58.5 Å². The second-order valence-corrected chi connectivity index (χ2v) is 8.41. The third-order valence-corrected chi connectivity index (χ3v) is 6.51. The number of hydrogen-bond acceptors (Lipinski definition) is 6. The number of rotatable bonds is 6. The number of nitriles is 1. The molecule has 1 fully saturated rings. The summed E-state index contributed by atoms with van der Waals surface area (Å²) in [5.41, 5.74) is 4.37. The van der Waals surface area contributed by atoms with Gasteiger partial charge in [0.05, 0.1) is 13.3 Å². The Morgan fingerprint density at radius 3 is 2.52 bits per heavy atom. The lowest BCUT2D eigenvalue weighted by atomic mass is 9.88. The second-order valence-electron chi connectivity index (χ2n) is 8.41. The number of ether oxygens (including phenoxy) is 1. The summed E-state index contributed by atoms with van der Waals surface area (Å²) < 4.78 is 6.82. The van der Waals surface area contributed by atoms with Crippen molar-refractivity contribution in [2.75, 3.05) is 20.2 Å². The van der Waals surface area contributed by atoms with Gasteiger partial charge in [0.25, 0.3) is 0 Å². The van der Waals surface area contributed by atoms with Crippen LogP contribution in [0.4, 0.5) is 0 Å². The van der Waals surface area contributed by atoms with Gasteiger partial charge in [0.1, 0.15) is 17.4 Å². The number of aryl methyl sites for hydroxylation is 2. The summed E-state index contributed by atoms with van der Waals surface area (Å²) in [4.78, 5) is 32.1. The lowest BCUT2D eigenvalue weighted by Crippen LogP contribution is -2.40. The number of carbonyl (C=O) groups is 2. The van der Waals surface area contributed by atoms with Crippen LogP contribution < -0.4 is 4.74 Å². The zero-order chi connectivity index (χ0) is 23.5. The molecule has 170 valence electrons. The summed E-state index contributed by atoms with van der Waals surface area (Å²) in [7, 11) is 1.60. The first kappa shape index (κ1) is 22.5. The number of likely N-dealkylation sites (tertiary alicyclic amines) is 1. The van der Waals surface area contributed by atoms with Crippen molar-refractivity contribution in [3.63, 3.8) is 0 Å². The van der Waals surface area contributed by atoms with Crippen molar-refractivity contribution in [1.82, 2.24) is 19.5 Å². The maximum atomic E-state index is 12.9. The van der Waals surface area contributed by atoms with Crippen molar-refractivity contribution >= 4 is 17.3 Å². The third kappa shape index (κ3) is 4.44. The fraction of sp³-hybridized carbons (Fsp3) is 0.400. The molecule has 0 radical (unpaired) electrons. The molecule has 1 amide bonds. The highest BCUT2D eigenvalue weighted by Gasteiger charge is 2.28. The van der Waals surface area contributed by atoms with E-state index < -0.39 is 0 Å². The van der Waals surface area contributed by atoms with E-state index >= 15 is 0 Å². The number of Topliss-reactive ketones (excluding diaryl/α,β-unsaturated/α-hetero) is 1. The lowest BCUT2D eigenvalue weighted by molar-refractivity contribution is -0.132. The van der Waals surface area contributed by atoms with Crippen LogP contribution in [-0.4, -0.2) is 51.4 Å². The van der Waals surface area contributed by atoms with Gasteiger partial charge in [0.15, 0.2) is 11.4 Å². The van der Waals surface area contributed by atoms with Gasteiger partial charge in [-0.2, -0.15) is 10.4 Å². The molecule has 1 aliphatic heterocycles. The minimum absolute atomic E-state index is 0.0623. The Kier molecular flexibility index (Phi) is 6.40. The van der Waals surface area contributed by atoms with E-state index in [1.807, 2.05) is 18.7 Å². The average Bonchev–Trinajstić information content (AvgIpc) is 3.26. The molecule has 1 saturated heterocycles. The van der Waals surface area contributed by atoms with Gasteiger partial charge in [-0.15, -0.1) is 0 Å². The summed E-state index contributed by atoms with van der Waals surface area (Å²) >= 11 is 0. The van der Waals surface area contributed by atoms with Crippen molar-refractivity contribution in [2.24, 2.45) is 5.92 Å². The first-order valence-electron chi connectivity index (χ1n) is 11.1. The molecule has 0 unspecified atom stereocenters. The molecule has 8 heteroatoms. The molecule has 1 aliphatic rings. The molecule has 0 bridgehead atoms. The fourth-order valence-electron chi connectivity index (χ4n) is 4.52. The maximum absolute atomic E-state index is 12.9. The smallest absolute Gasteiger partial charge is 0.222 e. The van der Waals surface area contributed by atoms with E-state index in [2.05, 4.69) is 16.2 Å². The quantitative estimate of drug-likeness (QED) is 0.540. The van der Waals surface area contributed by atoms with Crippen molar-refractivity contribution in [1.29, 1.82) is 5.26 Å². The standard InChI is InChI=1S/C25H27N5O3/c1-16-22(17(2)30-25(28-16)20(14-26)15-27-30)8-9-23(31)29-12-10-19(11-13-29)24(32)18-4-6-21(33-3)7-5-18/h4-7,15,19H,8-13H2,1-3H3. The lowest BCUT2D eigenvalue weighted by Gasteiger charge is -2.31. The van der Waals surface area contributed by atoms with Crippen LogP contribution in [0.25, 0.3) is 5.65 Å². The SMILES string of the molecule is COc1ccc(C(=O)C2CCN(C(=O)CCc3c(C)nc4c(C#N)cnn4c3C)CC2)cc1. The number of carbonyl (C=O) groups excluding carboxylic acids is 2. The Bertz CT molecular complexity index is 1230. The van der Waals surface area contributed by atoms with Crippen LogP contribution in [0.3, 0.4) is 0 Å². The second kappa shape index (κ2) is 9.41. The molecule has 0 saturated carbocycles. The molecule has 3 aromatic rings. The average molecular weight is 446 g/mol. The van der Waals surface area contributed by atoms with Gasteiger partial charge in [0.2, 0.25) is 5.91 Å². The predicted octanol–water partition coefficient (Wildman–Crippen LogP) is 3.28. The van der Waals surface area contributed by atoms with E-state index in [-0.39, 0.29) is 17.6 Å². The molecular weight excluding hydrogens is 418 g/mol. The summed E-state index contributed by atoms with van der Waals surface area (Å²) in [6, 6.07) is 9.30. The van der Waals surface area contributed by atoms with E-state index in [9.17, 15) is 14.9 Å². The first-order chi connectivity index (χ1) is 15.9. The van der Waals surface area contributed by atoms with E-state index in [0.717, 1.165) is 22.7 Å². The van der Waals surface area contributed by atoms with Gasteiger partial charge >= 0.3 is 0 Å². The normalized spacial score (nSPS) is 14.3. The highest BCUT2D eigenvalue weighted by molar-refractivity contribution is 5.98. The number of nitrogens with zero attached hydrogens (tertiary/aromatic N) is 5. The molecule has 33 heavy (non-hydrogen) atoms. The Morgan fingerprint density at radius 1 is 1.18 bits per heavy atom. The van der Waals surface area contributed by atoms with Crippen LogP contribution in [-0.2, 0) is 11.2 Å².